The molecule has 0 saturated heterocycles. The van der Waals surface area contributed by atoms with E-state index in [1.807, 2.05) is 40.7 Å². The molecular weight excluding hydrogens is 174 g/mol. The lowest BCUT2D eigenvalue weighted by atomic mass is 10.5. The fraction of sp³-hybridized carbons (Fsp3) is 0.455. The molecule has 1 rings (SSSR count). The Labute approximate surface area is 87.0 Å². The molecule has 14 heavy (non-hydrogen) atoms. The third kappa shape index (κ3) is 5.30. The van der Waals surface area contributed by atoms with E-state index in [-0.39, 0.29) is 0 Å². The highest BCUT2D eigenvalue weighted by atomic mass is 15.3. The van der Waals surface area contributed by atoms with Crippen LogP contribution in [0.4, 0.5) is 0 Å². The molecule has 0 amide bonds. The molecule has 0 radical (unpaired) electrons. The van der Waals surface area contributed by atoms with Crippen LogP contribution in [-0.2, 0) is 0 Å². The predicted molar refractivity (Wildman–Crippen MR) is 63.8 cm³/mol. The summed E-state index contributed by atoms with van der Waals surface area (Å²) in [7, 11) is 0. The summed E-state index contributed by atoms with van der Waals surface area (Å²) in [6.45, 7) is 9.91. The first-order valence-electron chi connectivity index (χ1n) is 5.05. The van der Waals surface area contributed by atoms with Gasteiger partial charge in [0.1, 0.15) is 0 Å². The molecule has 0 saturated carbocycles. The van der Waals surface area contributed by atoms with Gasteiger partial charge >= 0.3 is 0 Å². The molecule has 1 aromatic heterocycles. The summed E-state index contributed by atoms with van der Waals surface area (Å²) < 4.78 is 1.65. The lowest BCUT2D eigenvalue weighted by Crippen LogP contribution is -1.93. The van der Waals surface area contributed by atoms with Crippen LogP contribution in [0, 0.1) is 5.41 Å². The average molecular weight is 195 g/mol. The van der Waals surface area contributed by atoms with Crippen LogP contribution in [0.2, 0.25) is 0 Å². The van der Waals surface area contributed by atoms with E-state index in [9.17, 15) is 0 Å². The van der Waals surface area contributed by atoms with Crippen LogP contribution in [0.25, 0.3) is 6.20 Å². The van der Waals surface area contributed by atoms with E-state index < -0.39 is 0 Å². The SMILES string of the molecule is C/C=C\n1nccc1C=N.CC.CC. The van der Waals surface area contributed by atoms with Gasteiger partial charge in [-0.3, -0.25) is 0 Å². The number of aromatic nitrogens is 2. The average Bonchev–Trinajstić information content (AvgIpc) is 2.72. The Morgan fingerprint density at radius 2 is 1.86 bits per heavy atom. The predicted octanol–water partition coefficient (Wildman–Crippen LogP) is 3.42. The van der Waals surface area contributed by atoms with E-state index in [4.69, 9.17) is 5.41 Å². The van der Waals surface area contributed by atoms with Crippen LogP contribution in [0.5, 0.6) is 0 Å². The van der Waals surface area contributed by atoms with Gasteiger partial charge < -0.3 is 5.41 Å². The molecule has 0 atom stereocenters. The summed E-state index contributed by atoms with van der Waals surface area (Å²) in [6.07, 6.45) is 6.62. The van der Waals surface area contributed by atoms with Gasteiger partial charge in [-0.25, -0.2) is 4.68 Å². The van der Waals surface area contributed by atoms with Gasteiger partial charge in [0, 0.05) is 12.4 Å². The molecule has 0 aliphatic carbocycles. The minimum absolute atomic E-state index is 0.790. The Bertz CT molecular complexity index is 249. The largest absolute Gasteiger partial charge is 0.307 e. The molecule has 0 unspecified atom stereocenters. The number of nitrogens with zero attached hydrogens (tertiary/aromatic N) is 2. The van der Waals surface area contributed by atoms with Crippen LogP contribution in [-0.4, -0.2) is 16.0 Å². The van der Waals surface area contributed by atoms with E-state index in [1.165, 1.54) is 6.21 Å². The van der Waals surface area contributed by atoms with Crippen molar-refractivity contribution >= 4 is 12.4 Å². The van der Waals surface area contributed by atoms with Crippen molar-refractivity contribution in [3.05, 3.63) is 24.0 Å². The zero-order valence-electron chi connectivity index (χ0n) is 9.78. The summed E-state index contributed by atoms with van der Waals surface area (Å²) in [6, 6.07) is 1.78. The third-order valence-corrected chi connectivity index (χ3v) is 1.14. The first-order valence-corrected chi connectivity index (χ1v) is 5.05. The highest BCUT2D eigenvalue weighted by molar-refractivity contribution is 5.75. The van der Waals surface area contributed by atoms with E-state index in [1.54, 1.807) is 23.1 Å². The Kier molecular flexibility index (Phi) is 12.5. The summed E-state index contributed by atoms with van der Waals surface area (Å²) in [5, 5.41) is 10.9. The van der Waals surface area contributed by atoms with Gasteiger partial charge in [0.2, 0.25) is 0 Å². The van der Waals surface area contributed by atoms with Gasteiger partial charge in [-0.05, 0) is 13.0 Å². The van der Waals surface area contributed by atoms with Crippen molar-refractivity contribution in [3.8, 4) is 0 Å². The number of allylic oxidation sites excluding steroid dienone is 1. The van der Waals surface area contributed by atoms with Crippen LogP contribution in [0.3, 0.4) is 0 Å². The fourth-order valence-corrected chi connectivity index (χ4v) is 0.705. The van der Waals surface area contributed by atoms with Gasteiger partial charge in [0.05, 0.1) is 11.9 Å². The van der Waals surface area contributed by atoms with E-state index in [0.29, 0.717) is 0 Å². The van der Waals surface area contributed by atoms with Crippen LogP contribution < -0.4 is 0 Å². The summed E-state index contributed by atoms with van der Waals surface area (Å²) >= 11 is 0. The second kappa shape index (κ2) is 11.6. The van der Waals surface area contributed by atoms with Crippen molar-refractivity contribution in [2.45, 2.75) is 34.6 Å². The van der Waals surface area contributed by atoms with Crippen molar-refractivity contribution in [2.75, 3.05) is 0 Å². The smallest absolute Gasteiger partial charge is 0.0836 e. The minimum Gasteiger partial charge on any atom is -0.307 e. The molecule has 3 nitrogen and oxygen atoms in total. The highest BCUT2D eigenvalue weighted by Crippen LogP contribution is 1.94. The maximum atomic E-state index is 6.96. The van der Waals surface area contributed by atoms with E-state index >= 15 is 0 Å². The number of rotatable bonds is 2. The molecule has 0 spiro atoms. The van der Waals surface area contributed by atoms with Gasteiger partial charge in [0.25, 0.3) is 0 Å². The number of hydrogen-bond donors (Lipinski definition) is 1. The monoisotopic (exact) mass is 195 g/mol. The van der Waals surface area contributed by atoms with Crippen LogP contribution in [0.15, 0.2) is 18.3 Å². The molecule has 0 aliphatic heterocycles. The van der Waals surface area contributed by atoms with E-state index in [2.05, 4.69) is 5.10 Å². The van der Waals surface area contributed by atoms with Crippen molar-refractivity contribution < 1.29 is 0 Å². The first kappa shape index (κ1) is 15.1. The molecule has 0 aromatic carbocycles. The summed E-state index contributed by atoms with van der Waals surface area (Å²) in [5.74, 6) is 0. The lowest BCUT2D eigenvalue weighted by Gasteiger charge is -1.91. The summed E-state index contributed by atoms with van der Waals surface area (Å²) in [4.78, 5) is 0. The number of hydrogen-bond acceptors (Lipinski definition) is 2. The molecule has 1 aromatic rings. The third-order valence-electron chi connectivity index (χ3n) is 1.14. The van der Waals surface area contributed by atoms with Crippen LogP contribution >= 0.6 is 0 Å². The minimum atomic E-state index is 0.790. The fourth-order valence-electron chi connectivity index (χ4n) is 0.705. The Morgan fingerprint density at radius 1 is 1.29 bits per heavy atom. The summed E-state index contributed by atoms with van der Waals surface area (Å²) in [5.41, 5.74) is 0.790. The van der Waals surface area contributed by atoms with Gasteiger partial charge in [-0.1, -0.05) is 33.8 Å². The second-order valence-corrected chi connectivity index (χ2v) is 1.83. The zero-order valence-corrected chi connectivity index (χ0v) is 9.78. The molecule has 1 heterocycles. The molecule has 0 bridgehead atoms. The molecule has 0 aliphatic rings. The Balaban J connectivity index is 0. The Hall–Kier alpha value is -1.38. The quantitative estimate of drug-likeness (QED) is 0.722. The standard InChI is InChI=1S/C7H9N3.2C2H6/c1-2-5-10-7(6-8)3-4-9-10;2*1-2/h2-6,8H,1H3;2*1-2H3/b5-2-,8-6?;;. The van der Waals surface area contributed by atoms with Crippen LogP contribution in [0.1, 0.15) is 40.3 Å². The van der Waals surface area contributed by atoms with Crippen molar-refractivity contribution in [2.24, 2.45) is 0 Å². The topological polar surface area (TPSA) is 41.7 Å². The van der Waals surface area contributed by atoms with Gasteiger partial charge in [-0.15, -0.1) is 0 Å². The molecule has 0 fully saturated rings. The molecule has 1 N–H and O–H groups in total. The zero-order chi connectivity index (χ0) is 11.4. The van der Waals surface area contributed by atoms with Crippen molar-refractivity contribution in [1.29, 1.82) is 5.41 Å². The van der Waals surface area contributed by atoms with Crippen molar-refractivity contribution in [3.63, 3.8) is 0 Å². The lowest BCUT2D eigenvalue weighted by molar-refractivity contribution is 0.925. The normalized spacial score (nSPS) is 8.36. The van der Waals surface area contributed by atoms with Gasteiger partial charge in [0.15, 0.2) is 0 Å². The molecule has 80 valence electrons. The van der Waals surface area contributed by atoms with E-state index in [0.717, 1.165) is 5.69 Å². The first-order chi connectivity index (χ1) is 6.88. The highest BCUT2D eigenvalue weighted by Gasteiger charge is 1.91. The maximum absolute atomic E-state index is 6.96. The van der Waals surface area contributed by atoms with Crippen molar-refractivity contribution in [1.82, 2.24) is 9.78 Å². The number of nitrogens with one attached hydrogen (secondary N) is 1. The van der Waals surface area contributed by atoms with Gasteiger partial charge in [-0.2, -0.15) is 5.10 Å². The second-order valence-electron chi connectivity index (χ2n) is 1.83. The molecular formula is C11H21N3. The Morgan fingerprint density at radius 3 is 2.29 bits per heavy atom. The molecule has 3 heteroatoms. The maximum Gasteiger partial charge on any atom is 0.0836 e.